The molecule has 3 saturated heterocycles. The molecule has 1 saturated carbocycles. The predicted octanol–water partition coefficient (Wildman–Crippen LogP) is 2.46. The summed E-state index contributed by atoms with van der Waals surface area (Å²) in [7, 11) is 0. The van der Waals surface area contributed by atoms with Crippen LogP contribution < -0.4 is 16.0 Å². The third kappa shape index (κ3) is 10.1. The summed E-state index contributed by atoms with van der Waals surface area (Å²) in [5.41, 5.74) is 0.288. The average molecular weight is 698 g/mol. The number of nitrogens with zero attached hydrogens (tertiary/aromatic N) is 2. The first kappa shape index (κ1) is 37.4. The number of hydrogen-bond donors (Lipinski definition) is 4. The van der Waals surface area contributed by atoms with E-state index in [1.54, 1.807) is 25.4 Å². The van der Waals surface area contributed by atoms with Crippen LogP contribution in [-0.4, -0.2) is 105 Å². The molecule has 5 rings (SSSR count). The van der Waals surface area contributed by atoms with Crippen LogP contribution in [-0.2, 0) is 33.3 Å². The van der Waals surface area contributed by atoms with Crippen molar-refractivity contribution in [2.75, 3.05) is 6.61 Å². The van der Waals surface area contributed by atoms with Gasteiger partial charge in [-0.05, 0) is 58.4 Å². The van der Waals surface area contributed by atoms with E-state index in [1.165, 1.54) is 23.9 Å². The minimum Gasteiger partial charge on any atom is -0.459 e. The largest absolute Gasteiger partial charge is 0.459 e. The molecule has 0 bridgehead atoms. The number of aliphatic hydroxyl groups is 1. The van der Waals surface area contributed by atoms with Gasteiger partial charge in [-0.3, -0.25) is 19.0 Å². The van der Waals surface area contributed by atoms with Crippen molar-refractivity contribution in [3.8, 4) is 0 Å². The highest BCUT2D eigenvalue weighted by atomic mass is 16.6. The molecular formula is C36H51N5O9. The van der Waals surface area contributed by atoms with Crippen molar-refractivity contribution in [2.45, 2.75) is 133 Å². The number of nitrogens with one attached hydrogen (secondary N) is 3. The Labute approximate surface area is 293 Å². The van der Waals surface area contributed by atoms with Crippen molar-refractivity contribution in [3.63, 3.8) is 0 Å². The molecule has 0 radical (unpaired) electrons. The number of carbonyl (C=O) groups is 4. The number of aromatic nitrogens is 2. The van der Waals surface area contributed by atoms with Gasteiger partial charge in [0.05, 0.1) is 37.4 Å². The molecule has 1 aromatic heterocycles. The number of esters is 1. The van der Waals surface area contributed by atoms with Gasteiger partial charge in [-0.15, -0.1) is 0 Å². The van der Waals surface area contributed by atoms with Crippen LogP contribution in [0.4, 0.5) is 4.79 Å². The minimum atomic E-state index is -0.841. The van der Waals surface area contributed by atoms with Gasteiger partial charge in [0.2, 0.25) is 11.8 Å². The topological polar surface area (TPSA) is 183 Å². The lowest BCUT2D eigenvalue weighted by atomic mass is 9.85. The third-order valence-electron chi connectivity index (χ3n) is 9.91. The molecule has 4 aliphatic rings. The molecular weight excluding hydrogens is 646 g/mol. The second kappa shape index (κ2) is 16.4. The van der Waals surface area contributed by atoms with E-state index in [-0.39, 0.29) is 60.5 Å². The Morgan fingerprint density at radius 1 is 1.08 bits per heavy atom. The van der Waals surface area contributed by atoms with Gasteiger partial charge in [0.25, 0.3) is 0 Å². The molecule has 4 N–H and O–H groups in total. The number of carbonyl (C=O) groups excluding carboxylic acids is 4. The fourth-order valence-electron chi connectivity index (χ4n) is 6.86. The lowest BCUT2D eigenvalue weighted by molar-refractivity contribution is -0.146. The molecule has 14 nitrogen and oxygen atoms in total. The Bertz CT molecular complexity index is 1450. The van der Waals surface area contributed by atoms with Gasteiger partial charge in [-0.1, -0.05) is 30.7 Å². The molecule has 4 fully saturated rings. The van der Waals surface area contributed by atoms with Crippen LogP contribution in [0.1, 0.15) is 73.1 Å². The van der Waals surface area contributed by atoms with Crippen molar-refractivity contribution >= 4 is 23.8 Å². The molecule has 1 unspecified atom stereocenters. The Morgan fingerprint density at radius 3 is 2.50 bits per heavy atom. The van der Waals surface area contributed by atoms with Gasteiger partial charge in [0.1, 0.15) is 30.2 Å². The number of hydrogen-bond acceptors (Lipinski definition) is 10. The normalized spacial score (nSPS) is 34.6. The summed E-state index contributed by atoms with van der Waals surface area (Å²) >= 11 is 0. The summed E-state index contributed by atoms with van der Waals surface area (Å²) in [6.45, 7) is 9.48. The maximum atomic E-state index is 12.9. The summed E-state index contributed by atoms with van der Waals surface area (Å²) in [6, 6.07) is -0.415. The number of imidazole rings is 1. The van der Waals surface area contributed by atoms with Gasteiger partial charge < -0.3 is 40.0 Å². The number of ether oxygens (including phenoxy) is 4. The van der Waals surface area contributed by atoms with Crippen LogP contribution in [0, 0.1) is 5.92 Å². The first-order chi connectivity index (χ1) is 23.8. The first-order valence-electron chi connectivity index (χ1n) is 17.5. The second-order valence-electron chi connectivity index (χ2n) is 14.2. The molecule has 0 aromatic carbocycles. The fourth-order valence-corrected chi connectivity index (χ4v) is 6.86. The molecule has 9 atom stereocenters. The maximum absolute atomic E-state index is 12.9. The van der Waals surface area contributed by atoms with E-state index < -0.39 is 36.0 Å². The highest BCUT2D eigenvalue weighted by molar-refractivity contribution is 5.87. The number of epoxide rings is 1. The Hall–Kier alpha value is -3.85. The van der Waals surface area contributed by atoms with E-state index >= 15 is 0 Å². The van der Waals surface area contributed by atoms with E-state index in [2.05, 4.69) is 33.9 Å². The summed E-state index contributed by atoms with van der Waals surface area (Å²) < 4.78 is 24.6. The number of aliphatic hydroxyl groups excluding tert-OH is 1. The van der Waals surface area contributed by atoms with Crippen LogP contribution in [0.5, 0.6) is 0 Å². The van der Waals surface area contributed by atoms with Crippen molar-refractivity contribution in [1.82, 2.24) is 25.5 Å². The molecule has 14 heteroatoms. The van der Waals surface area contributed by atoms with Gasteiger partial charge in [0, 0.05) is 43.9 Å². The molecule has 1 aliphatic carbocycles. The minimum absolute atomic E-state index is 0.00956. The highest BCUT2D eigenvalue weighted by Crippen LogP contribution is 2.43. The van der Waals surface area contributed by atoms with Crippen molar-refractivity contribution < 1.29 is 43.2 Å². The van der Waals surface area contributed by atoms with Crippen molar-refractivity contribution in [1.29, 1.82) is 0 Å². The fraction of sp³-hybridized carbons (Fsp3) is 0.639. The number of allylic oxidation sites excluding steroid dienone is 2. The maximum Gasteiger partial charge on any atom is 0.327 e. The monoisotopic (exact) mass is 697 g/mol. The lowest BCUT2D eigenvalue weighted by Gasteiger charge is -2.39. The van der Waals surface area contributed by atoms with Crippen LogP contribution in [0.3, 0.4) is 0 Å². The highest BCUT2D eigenvalue weighted by Gasteiger charge is 2.58. The van der Waals surface area contributed by atoms with Crippen LogP contribution in [0.15, 0.2) is 54.7 Å². The molecule has 50 heavy (non-hydrogen) atoms. The molecule has 1 aromatic rings. The summed E-state index contributed by atoms with van der Waals surface area (Å²) in [5, 5.41) is 20.0. The Kier molecular flexibility index (Phi) is 12.3. The van der Waals surface area contributed by atoms with Gasteiger partial charge >= 0.3 is 12.0 Å². The van der Waals surface area contributed by atoms with Crippen LogP contribution >= 0.6 is 0 Å². The average Bonchev–Trinajstić information content (AvgIpc) is 3.57. The summed E-state index contributed by atoms with van der Waals surface area (Å²) in [6.07, 6.45) is 14.1. The number of amides is 3. The Morgan fingerprint density at radius 2 is 1.82 bits per heavy atom. The first-order valence-corrected chi connectivity index (χ1v) is 17.5. The van der Waals surface area contributed by atoms with E-state index in [0.717, 1.165) is 12.0 Å². The molecule has 4 heterocycles. The van der Waals surface area contributed by atoms with E-state index in [1.807, 2.05) is 26.0 Å². The SMILES string of the molecule is CC(=O)O[C@@H](C)/C=C\C(=O)N[C@@H]1C[C@H](C)[C@H](C/C=C(C)/C=C/[C@H]2OC(CC(=O)N[C@H]3C[C@H](NC(=O)n4ccnc4)C3)C[C@@]3(CO3)[C@@H]2O)O[C@@H]1C. The standard InChI is InChI=1S/C36H51N5O9/c1-21(6-9-30-22(2)14-29(24(4)49-30)40-32(43)11-8-23(3)48-25(5)42)7-10-31-34(45)36(19-47-36)18-28(50-31)17-33(44)38-26-15-27(16-26)39-35(46)41-13-12-37-20-41/h6-8,10-13,20,22-24,26-31,34,45H,9,14-19H2,1-5H3,(H,38,44)(H,39,46)(H,40,43)/b10-7+,11-8-,21-6+/t22-,23-,24+,26-,27-,28?,29+,30-,31+,34+,36+/m0/s1. The van der Waals surface area contributed by atoms with Crippen LogP contribution in [0.25, 0.3) is 0 Å². The van der Waals surface area contributed by atoms with Crippen LogP contribution in [0.2, 0.25) is 0 Å². The lowest BCUT2D eigenvalue weighted by Crippen LogP contribution is -2.55. The zero-order chi connectivity index (χ0) is 36.0. The van der Waals surface area contributed by atoms with Crippen molar-refractivity contribution in [3.05, 3.63) is 54.7 Å². The Balaban J connectivity index is 1.05. The van der Waals surface area contributed by atoms with E-state index in [0.29, 0.717) is 32.3 Å². The molecule has 3 amide bonds. The van der Waals surface area contributed by atoms with E-state index in [4.69, 9.17) is 18.9 Å². The molecule has 3 aliphatic heterocycles. The second-order valence-corrected chi connectivity index (χ2v) is 14.2. The zero-order valence-corrected chi connectivity index (χ0v) is 29.4. The molecule has 1 spiro atoms. The van der Waals surface area contributed by atoms with Crippen molar-refractivity contribution in [2.24, 2.45) is 5.92 Å². The van der Waals surface area contributed by atoms with Gasteiger partial charge in [-0.2, -0.15) is 0 Å². The summed E-state index contributed by atoms with van der Waals surface area (Å²) in [4.78, 5) is 52.5. The predicted molar refractivity (Wildman–Crippen MR) is 182 cm³/mol. The third-order valence-corrected chi connectivity index (χ3v) is 9.91. The molecule has 274 valence electrons. The number of rotatable bonds is 12. The van der Waals surface area contributed by atoms with Gasteiger partial charge in [-0.25, -0.2) is 9.78 Å². The van der Waals surface area contributed by atoms with E-state index in [9.17, 15) is 24.3 Å². The zero-order valence-electron chi connectivity index (χ0n) is 29.4. The smallest absolute Gasteiger partial charge is 0.327 e. The van der Waals surface area contributed by atoms with Gasteiger partial charge in [0.15, 0.2) is 0 Å². The summed E-state index contributed by atoms with van der Waals surface area (Å²) in [5.74, 6) is -0.596. The quantitative estimate of drug-likeness (QED) is 0.110.